The van der Waals surface area contributed by atoms with Crippen molar-refractivity contribution in [2.24, 2.45) is 0 Å². The third-order valence-corrected chi connectivity index (χ3v) is 4.66. The lowest BCUT2D eigenvalue weighted by Crippen LogP contribution is -1.96. The van der Waals surface area contributed by atoms with Crippen LogP contribution in [0.5, 0.6) is 17.2 Å². The van der Waals surface area contributed by atoms with Crippen LogP contribution in [-0.2, 0) is 6.61 Å². The lowest BCUT2D eigenvalue weighted by molar-refractivity contribution is 0.306. The first kappa shape index (κ1) is 21.2. The van der Waals surface area contributed by atoms with Gasteiger partial charge < -0.3 is 14.2 Å². The quantitative estimate of drug-likeness (QED) is 0.338. The van der Waals surface area contributed by atoms with Gasteiger partial charge in [-0.05, 0) is 65.2 Å². The maximum atomic E-state index is 13.3. The van der Waals surface area contributed by atoms with Crippen molar-refractivity contribution in [3.63, 3.8) is 0 Å². The molecule has 0 radical (unpaired) electrons. The van der Waals surface area contributed by atoms with Gasteiger partial charge in [-0.25, -0.2) is 4.39 Å². The van der Waals surface area contributed by atoms with E-state index in [0.29, 0.717) is 39.0 Å². The standard InChI is InChI=1S/C24H19ClFNO3/c1-28-23-9-7-18(13-24(23)29-2)19(14-27)10-16-6-8-22(21(25)12-16)30-15-17-4-3-5-20(26)11-17/h3-13H,15H2,1-2H3/b19-10+. The fourth-order valence-corrected chi connectivity index (χ4v) is 3.11. The third kappa shape index (κ3) is 5.11. The van der Waals surface area contributed by atoms with Crippen molar-refractivity contribution < 1.29 is 18.6 Å². The van der Waals surface area contributed by atoms with Gasteiger partial charge >= 0.3 is 0 Å². The van der Waals surface area contributed by atoms with Crippen molar-refractivity contribution in [3.05, 3.63) is 88.2 Å². The highest BCUT2D eigenvalue weighted by molar-refractivity contribution is 6.32. The number of allylic oxidation sites excluding steroid dienone is 1. The molecule has 3 aromatic carbocycles. The van der Waals surface area contributed by atoms with Gasteiger partial charge in [0.05, 0.1) is 30.9 Å². The van der Waals surface area contributed by atoms with Gasteiger partial charge in [-0.3, -0.25) is 0 Å². The van der Waals surface area contributed by atoms with E-state index in [1.165, 1.54) is 12.1 Å². The summed E-state index contributed by atoms with van der Waals surface area (Å²) < 4.78 is 29.5. The molecule has 30 heavy (non-hydrogen) atoms. The van der Waals surface area contributed by atoms with Crippen LogP contribution in [0.4, 0.5) is 4.39 Å². The molecule has 0 aliphatic rings. The largest absolute Gasteiger partial charge is 0.493 e. The summed E-state index contributed by atoms with van der Waals surface area (Å²) in [6.07, 6.45) is 1.73. The van der Waals surface area contributed by atoms with Crippen molar-refractivity contribution >= 4 is 23.3 Å². The minimum atomic E-state index is -0.318. The Morgan fingerprint density at radius 2 is 1.77 bits per heavy atom. The lowest BCUT2D eigenvalue weighted by atomic mass is 10.0. The summed E-state index contributed by atoms with van der Waals surface area (Å²) in [6, 6.07) is 18.9. The molecule has 0 bridgehead atoms. The molecule has 4 nitrogen and oxygen atoms in total. The molecular weight excluding hydrogens is 405 g/mol. The number of rotatable bonds is 7. The highest BCUT2D eigenvalue weighted by Crippen LogP contribution is 2.32. The predicted octanol–water partition coefficient (Wildman–Crippen LogP) is 6.14. The fraction of sp³-hybridized carbons (Fsp3) is 0.125. The zero-order valence-corrected chi connectivity index (χ0v) is 17.2. The van der Waals surface area contributed by atoms with Gasteiger partial charge in [-0.1, -0.05) is 29.8 Å². The zero-order chi connectivity index (χ0) is 21.5. The van der Waals surface area contributed by atoms with E-state index in [4.69, 9.17) is 25.8 Å². The van der Waals surface area contributed by atoms with E-state index < -0.39 is 0 Å². The van der Waals surface area contributed by atoms with Gasteiger partial charge in [0.15, 0.2) is 11.5 Å². The van der Waals surface area contributed by atoms with Crippen LogP contribution in [0.25, 0.3) is 11.6 Å². The van der Waals surface area contributed by atoms with Crippen LogP contribution in [0.3, 0.4) is 0 Å². The summed E-state index contributed by atoms with van der Waals surface area (Å²) in [5.74, 6) is 1.28. The van der Waals surface area contributed by atoms with Gasteiger partial charge in [-0.2, -0.15) is 5.26 Å². The van der Waals surface area contributed by atoms with E-state index in [0.717, 1.165) is 5.56 Å². The van der Waals surface area contributed by atoms with Crippen LogP contribution >= 0.6 is 11.6 Å². The van der Waals surface area contributed by atoms with Crippen LogP contribution in [0.1, 0.15) is 16.7 Å². The van der Waals surface area contributed by atoms with Crippen molar-refractivity contribution in [2.45, 2.75) is 6.61 Å². The molecule has 0 amide bonds. The van der Waals surface area contributed by atoms with Gasteiger partial charge in [-0.15, -0.1) is 0 Å². The van der Waals surface area contributed by atoms with E-state index in [2.05, 4.69) is 6.07 Å². The number of nitrogens with zero attached hydrogens (tertiary/aromatic N) is 1. The predicted molar refractivity (Wildman–Crippen MR) is 115 cm³/mol. The van der Waals surface area contributed by atoms with E-state index >= 15 is 0 Å². The smallest absolute Gasteiger partial charge is 0.161 e. The second kappa shape index (κ2) is 9.82. The molecule has 0 aliphatic heterocycles. The highest BCUT2D eigenvalue weighted by Gasteiger charge is 2.09. The van der Waals surface area contributed by atoms with Crippen LogP contribution in [0.2, 0.25) is 5.02 Å². The summed E-state index contributed by atoms with van der Waals surface area (Å²) in [5, 5.41) is 10.0. The number of hydrogen-bond acceptors (Lipinski definition) is 4. The number of methoxy groups -OCH3 is 2. The van der Waals surface area contributed by atoms with Crippen LogP contribution in [-0.4, -0.2) is 14.2 Å². The monoisotopic (exact) mass is 423 g/mol. The second-order valence-electron chi connectivity index (χ2n) is 6.35. The highest BCUT2D eigenvalue weighted by atomic mass is 35.5. The normalized spacial score (nSPS) is 11.0. The molecule has 0 aromatic heterocycles. The number of nitriles is 1. The summed E-state index contributed by atoms with van der Waals surface area (Å²) in [7, 11) is 3.10. The van der Waals surface area contributed by atoms with Gasteiger partial charge in [0.2, 0.25) is 0 Å². The number of benzene rings is 3. The van der Waals surface area contributed by atoms with E-state index in [9.17, 15) is 9.65 Å². The molecule has 0 unspecified atom stereocenters. The fourth-order valence-electron chi connectivity index (χ4n) is 2.86. The van der Waals surface area contributed by atoms with Crippen LogP contribution in [0, 0.1) is 17.1 Å². The molecule has 0 heterocycles. The molecule has 0 aliphatic carbocycles. The molecule has 0 saturated heterocycles. The van der Waals surface area contributed by atoms with Gasteiger partial charge in [0, 0.05) is 0 Å². The van der Waals surface area contributed by atoms with E-state index in [1.54, 1.807) is 68.8 Å². The Hall–Kier alpha value is -3.49. The van der Waals surface area contributed by atoms with Crippen LogP contribution in [0.15, 0.2) is 60.7 Å². The van der Waals surface area contributed by atoms with Crippen molar-refractivity contribution in [1.82, 2.24) is 0 Å². The Morgan fingerprint density at radius 1 is 1.00 bits per heavy atom. The molecule has 0 fully saturated rings. The molecule has 6 heteroatoms. The Kier molecular flexibility index (Phi) is 6.95. The zero-order valence-electron chi connectivity index (χ0n) is 16.5. The average Bonchev–Trinajstić information content (AvgIpc) is 2.76. The first-order valence-electron chi connectivity index (χ1n) is 9.05. The van der Waals surface area contributed by atoms with Crippen molar-refractivity contribution in [3.8, 4) is 23.3 Å². The number of halogens is 2. The van der Waals surface area contributed by atoms with Crippen LogP contribution < -0.4 is 14.2 Å². The third-order valence-electron chi connectivity index (χ3n) is 4.37. The topological polar surface area (TPSA) is 51.5 Å². The Labute approximate surface area is 179 Å². The maximum Gasteiger partial charge on any atom is 0.161 e. The summed E-state index contributed by atoms with van der Waals surface area (Å²) in [5.41, 5.74) is 2.58. The van der Waals surface area contributed by atoms with Gasteiger partial charge in [0.1, 0.15) is 18.2 Å². The minimum Gasteiger partial charge on any atom is -0.493 e. The summed E-state index contributed by atoms with van der Waals surface area (Å²) in [4.78, 5) is 0. The average molecular weight is 424 g/mol. The van der Waals surface area contributed by atoms with Crippen molar-refractivity contribution in [1.29, 1.82) is 5.26 Å². The Morgan fingerprint density at radius 3 is 2.43 bits per heavy atom. The first-order valence-corrected chi connectivity index (χ1v) is 9.43. The Balaban J connectivity index is 1.81. The van der Waals surface area contributed by atoms with E-state index in [-0.39, 0.29) is 12.4 Å². The van der Waals surface area contributed by atoms with Crippen molar-refractivity contribution in [2.75, 3.05) is 14.2 Å². The molecule has 152 valence electrons. The summed E-state index contributed by atoms with van der Waals surface area (Å²) in [6.45, 7) is 0.196. The molecule has 0 saturated carbocycles. The second-order valence-corrected chi connectivity index (χ2v) is 6.76. The van der Waals surface area contributed by atoms with Gasteiger partial charge in [0.25, 0.3) is 0 Å². The molecule has 3 aromatic rings. The van der Waals surface area contributed by atoms with E-state index in [1.807, 2.05) is 0 Å². The molecule has 3 rings (SSSR count). The summed E-state index contributed by atoms with van der Waals surface area (Å²) >= 11 is 6.34. The number of hydrogen-bond donors (Lipinski definition) is 0. The Bertz CT molecular complexity index is 1120. The minimum absolute atomic E-state index is 0.196. The SMILES string of the molecule is COc1ccc(/C(C#N)=C/c2ccc(OCc3cccc(F)c3)c(Cl)c2)cc1OC. The first-order chi connectivity index (χ1) is 14.5. The molecular formula is C24H19ClFNO3. The maximum absolute atomic E-state index is 13.3. The lowest BCUT2D eigenvalue weighted by Gasteiger charge is -2.10. The molecule has 0 N–H and O–H groups in total. The molecule has 0 atom stereocenters. The molecule has 0 spiro atoms. The number of ether oxygens (including phenoxy) is 3.